The number of ether oxygens (including phenoxy) is 1. The number of nitrogens with one attached hydrogen (secondary N) is 2. The molecule has 174 valence electrons. The Labute approximate surface area is 195 Å². The van der Waals surface area contributed by atoms with Gasteiger partial charge < -0.3 is 15.0 Å². The monoisotopic (exact) mass is 470 g/mol. The van der Waals surface area contributed by atoms with Gasteiger partial charge in [0.25, 0.3) is 5.91 Å². The first-order valence-corrected chi connectivity index (χ1v) is 12.0. The quantitative estimate of drug-likeness (QED) is 0.365. The lowest BCUT2D eigenvalue weighted by Gasteiger charge is -2.48. The molecule has 0 aromatic carbocycles. The number of nitrogens with zero attached hydrogens (tertiary/aromatic N) is 4. The van der Waals surface area contributed by atoms with Crippen molar-refractivity contribution in [3.05, 3.63) is 47.0 Å². The van der Waals surface area contributed by atoms with E-state index < -0.39 is 5.82 Å². The minimum absolute atomic E-state index is 0.119. The summed E-state index contributed by atoms with van der Waals surface area (Å²) in [6.07, 6.45) is 5.29. The van der Waals surface area contributed by atoms with Gasteiger partial charge in [-0.05, 0) is 55.7 Å². The average molecular weight is 471 g/mol. The minimum Gasteiger partial charge on any atom is -0.366 e. The summed E-state index contributed by atoms with van der Waals surface area (Å²) < 4.78 is 20.0. The van der Waals surface area contributed by atoms with Gasteiger partial charge in [-0.1, -0.05) is 0 Å². The van der Waals surface area contributed by atoms with Crippen LogP contribution in [-0.2, 0) is 4.74 Å². The number of fused-ring (bicyclic) bond motifs is 1. The number of anilines is 1. The Morgan fingerprint density at radius 1 is 1.36 bits per heavy atom. The summed E-state index contributed by atoms with van der Waals surface area (Å²) in [5.41, 5.74) is 1.60. The van der Waals surface area contributed by atoms with Crippen molar-refractivity contribution in [1.29, 1.82) is 0 Å². The van der Waals surface area contributed by atoms with E-state index >= 15 is 0 Å². The lowest BCUT2D eigenvalue weighted by molar-refractivity contribution is 0.0119. The van der Waals surface area contributed by atoms with Gasteiger partial charge >= 0.3 is 0 Å². The van der Waals surface area contributed by atoms with Crippen LogP contribution in [0.1, 0.15) is 48.8 Å². The predicted molar refractivity (Wildman–Crippen MR) is 125 cm³/mol. The van der Waals surface area contributed by atoms with Crippen molar-refractivity contribution >= 4 is 33.4 Å². The molecular formula is C23H27FN6O2S. The molecule has 1 atom stereocenters. The molecule has 0 unspecified atom stereocenters. The maximum Gasteiger partial charge on any atom is 0.274 e. The summed E-state index contributed by atoms with van der Waals surface area (Å²) >= 11 is 1.45. The number of carbonyl (C=O) groups is 1. The highest BCUT2D eigenvalue weighted by molar-refractivity contribution is 7.17. The number of thiophene rings is 1. The molecule has 33 heavy (non-hydrogen) atoms. The largest absolute Gasteiger partial charge is 0.366 e. The average Bonchev–Trinajstić information content (AvgIpc) is 3.48. The van der Waals surface area contributed by atoms with Crippen molar-refractivity contribution in [1.82, 2.24) is 25.2 Å². The number of halogens is 1. The van der Waals surface area contributed by atoms with Crippen molar-refractivity contribution in [3.8, 4) is 0 Å². The number of likely N-dealkylation sites (tertiary alicyclic amines) is 1. The molecule has 2 aliphatic rings. The fourth-order valence-corrected chi connectivity index (χ4v) is 4.76. The van der Waals surface area contributed by atoms with Crippen molar-refractivity contribution in [2.45, 2.75) is 38.3 Å². The molecule has 1 amide bonds. The molecule has 4 heterocycles. The van der Waals surface area contributed by atoms with E-state index in [0.717, 1.165) is 23.4 Å². The van der Waals surface area contributed by atoms with Gasteiger partial charge in [-0.15, -0.1) is 11.3 Å². The van der Waals surface area contributed by atoms with Crippen LogP contribution >= 0.6 is 11.3 Å². The summed E-state index contributed by atoms with van der Waals surface area (Å²) in [5.74, 6) is 0.536. The molecule has 0 bridgehead atoms. The van der Waals surface area contributed by atoms with E-state index in [2.05, 4.69) is 32.5 Å². The molecule has 1 aliphatic carbocycles. The molecule has 10 heteroatoms. The van der Waals surface area contributed by atoms with Crippen LogP contribution in [0.4, 0.5) is 10.3 Å². The lowest BCUT2D eigenvalue weighted by atomic mass is 9.92. The molecule has 1 aliphatic heterocycles. The number of hydrogen-bond donors (Lipinski definition) is 2. The van der Waals surface area contributed by atoms with E-state index in [4.69, 9.17) is 4.74 Å². The van der Waals surface area contributed by atoms with E-state index in [1.807, 2.05) is 18.4 Å². The van der Waals surface area contributed by atoms with E-state index in [9.17, 15) is 9.18 Å². The van der Waals surface area contributed by atoms with Crippen LogP contribution < -0.4 is 10.6 Å². The van der Waals surface area contributed by atoms with E-state index in [1.165, 1.54) is 30.2 Å². The number of carbonyl (C=O) groups excluding carboxylic acids is 1. The van der Waals surface area contributed by atoms with Crippen LogP contribution in [0.15, 0.2) is 29.9 Å². The van der Waals surface area contributed by atoms with Crippen LogP contribution in [0.25, 0.3) is 10.2 Å². The number of pyridine rings is 1. The molecular weight excluding hydrogens is 443 g/mol. The highest BCUT2D eigenvalue weighted by Crippen LogP contribution is 2.30. The number of rotatable bonds is 9. The first-order chi connectivity index (χ1) is 15.9. The van der Waals surface area contributed by atoms with Gasteiger partial charge in [-0.3, -0.25) is 15.1 Å². The number of hydrogen-bond acceptors (Lipinski definition) is 8. The molecule has 0 radical (unpaired) electrons. The molecule has 3 aromatic rings. The summed E-state index contributed by atoms with van der Waals surface area (Å²) in [4.78, 5) is 28.1. The zero-order valence-electron chi connectivity index (χ0n) is 18.7. The van der Waals surface area contributed by atoms with E-state index in [1.54, 1.807) is 11.1 Å². The Morgan fingerprint density at radius 2 is 2.18 bits per heavy atom. The van der Waals surface area contributed by atoms with Crippen molar-refractivity contribution in [2.75, 3.05) is 31.7 Å². The molecule has 1 saturated heterocycles. The Balaban J connectivity index is 1.26. The highest BCUT2D eigenvalue weighted by atomic mass is 32.1. The second-order valence-corrected chi connectivity index (χ2v) is 10.1. The Morgan fingerprint density at radius 3 is 2.94 bits per heavy atom. The van der Waals surface area contributed by atoms with Gasteiger partial charge in [0.2, 0.25) is 5.95 Å². The summed E-state index contributed by atoms with van der Waals surface area (Å²) in [5, 5.41) is 8.49. The van der Waals surface area contributed by atoms with Crippen LogP contribution in [-0.4, -0.2) is 57.7 Å². The van der Waals surface area contributed by atoms with Crippen LogP contribution in [0, 0.1) is 11.7 Å². The van der Waals surface area contributed by atoms with Gasteiger partial charge in [0.15, 0.2) is 5.69 Å². The lowest BCUT2D eigenvalue weighted by Crippen LogP contribution is -2.69. The third-order valence-corrected chi connectivity index (χ3v) is 7.01. The van der Waals surface area contributed by atoms with Gasteiger partial charge in [-0.25, -0.2) is 14.4 Å². The number of amides is 1. The zero-order valence-corrected chi connectivity index (χ0v) is 19.5. The smallest absolute Gasteiger partial charge is 0.274 e. The van der Waals surface area contributed by atoms with Crippen molar-refractivity contribution in [2.24, 2.45) is 5.92 Å². The third-order valence-electron chi connectivity index (χ3n) is 6.10. The van der Waals surface area contributed by atoms with Crippen LogP contribution in [0.2, 0.25) is 0 Å². The normalized spacial score (nSPS) is 18.2. The minimum atomic E-state index is -0.404. The molecule has 8 nitrogen and oxygen atoms in total. The maximum absolute atomic E-state index is 13.6. The van der Waals surface area contributed by atoms with Crippen molar-refractivity contribution in [3.63, 3.8) is 0 Å². The first kappa shape index (κ1) is 22.1. The van der Waals surface area contributed by atoms with Gasteiger partial charge in [-0.2, -0.15) is 0 Å². The first-order valence-electron chi connectivity index (χ1n) is 11.1. The zero-order chi connectivity index (χ0) is 23.0. The third kappa shape index (κ3) is 4.97. The molecule has 3 aromatic heterocycles. The van der Waals surface area contributed by atoms with Crippen LogP contribution in [0.5, 0.6) is 0 Å². The van der Waals surface area contributed by atoms with Crippen molar-refractivity contribution < 1.29 is 13.9 Å². The summed E-state index contributed by atoms with van der Waals surface area (Å²) in [7, 11) is 0. The molecule has 5 rings (SSSR count). The highest BCUT2D eigenvalue weighted by Gasteiger charge is 2.42. The molecule has 2 fully saturated rings. The van der Waals surface area contributed by atoms with Gasteiger partial charge in [0.1, 0.15) is 5.82 Å². The Kier molecular flexibility index (Phi) is 5.98. The number of aromatic nitrogens is 3. The topological polar surface area (TPSA) is 92.3 Å². The fraction of sp³-hybridized carbons (Fsp3) is 0.478. The molecule has 1 saturated carbocycles. The van der Waals surface area contributed by atoms with Gasteiger partial charge in [0.05, 0.1) is 41.3 Å². The molecule has 2 N–H and O–H groups in total. The molecule has 0 spiro atoms. The van der Waals surface area contributed by atoms with Crippen LogP contribution in [0.3, 0.4) is 0 Å². The second kappa shape index (κ2) is 8.92. The Bertz CT molecular complexity index is 1160. The maximum atomic E-state index is 13.6. The summed E-state index contributed by atoms with van der Waals surface area (Å²) in [6, 6.07) is 3.01. The van der Waals surface area contributed by atoms with E-state index in [0.29, 0.717) is 42.5 Å². The summed E-state index contributed by atoms with van der Waals surface area (Å²) in [6.45, 7) is 6.45. The standard InChI is InChI=1S/C23H27FN6O2S/c1-14(16-7-17(24)9-25-8-16)27-22-28-18-5-6-33-20(18)19(29-22)21(31)30-11-23(2,12-30)26-13-32-10-15-3-4-15/h5-9,14-15,26H,3-4,10-13H2,1-2H3,(H,27,28,29)/t14-/m0/s1. The Hall–Kier alpha value is -2.69. The van der Waals surface area contributed by atoms with E-state index in [-0.39, 0.29) is 17.5 Å². The fourth-order valence-electron chi connectivity index (χ4n) is 3.95. The second-order valence-electron chi connectivity index (χ2n) is 9.19. The van der Waals surface area contributed by atoms with Gasteiger partial charge in [0, 0.05) is 19.3 Å². The predicted octanol–water partition coefficient (Wildman–Crippen LogP) is 3.59. The SMILES string of the molecule is C[C@H](Nc1nc(C(=O)N2CC(C)(NCOCC3CC3)C2)c2sccc2n1)c1cncc(F)c1.